The highest BCUT2D eigenvalue weighted by Crippen LogP contribution is 2.22. The van der Waals surface area contributed by atoms with Crippen LogP contribution in [0, 0.1) is 5.82 Å². The van der Waals surface area contributed by atoms with Crippen LogP contribution in [-0.2, 0) is 16.0 Å². The van der Waals surface area contributed by atoms with Crippen molar-refractivity contribution in [1.82, 2.24) is 0 Å². The second-order valence-corrected chi connectivity index (χ2v) is 4.20. The molecule has 2 nitrogen and oxygen atoms in total. The van der Waals surface area contributed by atoms with Gasteiger partial charge in [-0.05, 0) is 6.07 Å². The molecule has 0 atom stereocenters. The summed E-state index contributed by atoms with van der Waals surface area (Å²) in [5.41, 5.74) is -1.05. The summed E-state index contributed by atoms with van der Waals surface area (Å²) in [6.07, 6.45) is -2.85. The number of alkyl halides is 2. The third-order valence-corrected chi connectivity index (χ3v) is 2.31. The Hall–Kier alpha value is -1.11. The van der Waals surface area contributed by atoms with E-state index < -0.39 is 39.3 Å². The van der Waals surface area contributed by atoms with Crippen LogP contribution >= 0.6 is 0 Å². The van der Waals surface area contributed by atoms with E-state index in [9.17, 15) is 25.5 Å². The van der Waals surface area contributed by atoms with Crippen LogP contribution in [0.25, 0.3) is 0 Å². The molecular weight excluding hydrogens is 236 g/mol. The summed E-state index contributed by atoms with van der Waals surface area (Å²) in [5.74, 6) is -2.31. The van der Waals surface area contributed by atoms with Gasteiger partial charge in [0, 0.05) is 11.1 Å². The van der Waals surface area contributed by atoms with Crippen LogP contribution in [-0.4, -0.2) is 8.42 Å². The number of rotatable bonds is 3. The molecule has 0 aliphatic rings. The average molecular weight is 242 g/mol. The Balaban J connectivity index is 3.04. The van der Waals surface area contributed by atoms with Crippen molar-refractivity contribution in [2.24, 2.45) is 0 Å². The van der Waals surface area contributed by atoms with Gasteiger partial charge in [-0.1, -0.05) is 12.1 Å². The molecule has 0 amide bonds. The van der Waals surface area contributed by atoms with Crippen molar-refractivity contribution in [1.29, 1.82) is 0 Å². The molecule has 0 fully saturated rings. The molecule has 84 valence electrons. The van der Waals surface area contributed by atoms with Crippen LogP contribution in [0.1, 0.15) is 17.6 Å². The molecule has 1 aromatic rings. The van der Waals surface area contributed by atoms with Gasteiger partial charge in [-0.3, -0.25) is 0 Å². The zero-order valence-corrected chi connectivity index (χ0v) is 8.07. The molecule has 0 saturated heterocycles. The van der Waals surface area contributed by atoms with E-state index in [1.165, 1.54) is 0 Å². The van der Waals surface area contributed by atoms with E-state index in [0.717, 1.165) is 12.1 Å². The number of benzene rings is 1. The van der Waals surface area contributed by atoms with Crippen LogP contribution in [0.4, 0.5) is 17.1 Å². The first-order valence-corrected chi connectivity index (χ1v) is 5.33. The summed E-state index contributed by atoms with van der Waals surface area (Å²) >= 11 is 0. The zero-order valence-electron chi connectivity index (χ0n) is 7.25. The fraction of sp³-hybridized carbons (Fsp3) is 0.250. The molecule has 0 aliphatic carbocycles. The van der Waals surface area contributed by atoms with E-state index in [-0.39, 0.29) is 0 Å². The van der Waals surface area contributed by atoms with E-state index in [1.807, 2.05) is 0 Å². The molecule has 0 heterocycles. The summed E-state index contributed by atoms with van der Waals surface area (Å²) < 4.78 is 69.6. The van der Waals surface area contributed by atoms with Gasteiger partial charge in [-0.2, -0.15) is 8.42 Å². The molecule has 0 N–H and O–H groups in total. The lowest BCUT2D eigenvalue weighted by Crippen LogP contribution is -2.00. The SMILES string of the molecule is O=S(=O)(F)Cc1ccc(C(F)F)cc1F. The minimum Gasteiger partial charge on any atom is -0.207 e. The fourth-order valence-electron chi connectivity index (χ4n) is 1.00. The normalized spacial score (nSPS) is 12.1. The van der Waals surface area contributed by atoms with Gasteiger partial charge in [0.2, 0.25) is 0 Å². The quantitative estimate of drug-likeness (QED) is 0.603. The molecule has 0 unspecified atom stereocenters. The van der Waals surface area contributed by atoms with Crippen molar-refractivity contribution in [2.75, 3.05) is 0 Å². The van der Waals surface area contributed by atoms with Crippen LogP contribution < -0.4 is 0 Å². The monoisotopic (exact) mass is 242 g/mol. The molecule has 1 rings (SSSR count). The van der Waals surface area contributed by atoms with Gasteiger partial charge in [0.25, 0.3) is 6.43 Å². The first-order chi connectivity index (χ1) is 6.79. The van der Waals surface area contributed by atoms with Crippen molar-refractivity contribution in [3.8, 4) is 0 Å². The first kappa shape index (κ1) is 12.0. The van der Waals surface area contributed by atoms with Gasteiger partial charge in [-0.15, -0.1) is 3.89 Å². The van der Waals surface area contributed by atoms with Crippen LogP contribution in [0.15, 0.2) is 18.2 Å². The molecule has 7 heteroatoms. The molecule has 0 aromatic heterocycles. The van der Waals surface area contributed by atoms with Crippen LogP contribution in [0.5, 0.6) is 0 Å². The van der Waals surface area contributed by atoms with Gasteiger partial charge in [0.15, 0.2) is 0 Å². The number of hydrogen-bond donors (Lipinski definition) is 0. The maximum Gasteiger partial charge on any atom is 0.306 e. The molecule has 0 radical (unpaired) electrons. The summed E-state index contributed by atoms with van der Waals surface area (Å²) in [4.78, 5) is 0. The number of hydrogen-bond acceptors (Lipinski definition) is 2. The highest BCUT2D eigenvalue weighted by atomic mass is 32.3. The summed E-state index contributed by atoms with van der Waals surface area (Å²) in [7, 11) is -4.86. The summed E-state index contributed by atoms with van der Waals surface area (Å²) in [6, 6.07) is 2.17. The van der Waals surface area contributed by atoms with Gasteiger partial charge in [-0.25, -0.2) is 13.2 Å². The van der Waals surface area contributed by atoms with Gasteiger partial charge in [0.05, 0.1) is 0 Å². The molecule has 0 bridgehead atoms. The molecule has 0 saturated carbocycles. The average Bonchev–Trinajstić information content (AvgIpc) is 2.05. The van der Waals surface area contributed by atoms with E-state index in [0.29, 0.717) is 6.07 Å². The van der Waals surface area contributed by atoms with Crippen molar-refractivity contribution >= 4 is 10.2 Å². The van der Waals surface area contributed by atoms with Gasteiger partial charge in [0.1, 0.15) is 11.6 Å². The van der Waals surface area contributed by atoms with E-state index in [2.05, 4.69) is 0 Å². The van der Waals surface area contributed by atoms with E-state index in [4.69, 9.17) is 0 Å². The van der Waals surface area contributed by atoms with Gasteiger partial charge < -0.3 is 0 Å². The third kappa shape index (κ3) is 3.50. The van der Waals surface area contributed by atoms with Crippen LogP contribution in [0.3, 0.4) is 0 Å². The van der Waals surface area contributed by atoms with E-state index >= 15 is 0 Å². The Morgan fingerprint density at radius 2 is 1.87 bits per heavy atom. The predicted molar refractivity (Wildman–Crippen MR) is 45.1 cm³/mol. The molecule has 0 spiro atoms. The van der Waals surface area contributed by atoms with Gasteiger partial charge >= 0.3 is 10.2 Å². The second-order valence-electron chi connectivity index (χ2n) is 2.83. The van der Waals surface area contributed by atoms with Crippen molar-refractivity contribution in [2.45, 2.75) is 12.2 Å². The zero-order chi connectivity index (χ0) is 11.6. The predicted octanol–water partition coefficient (Wildman–Crippen LogP) is 2.56. The first-order valence-electron chi connectivity index (χ1n) is 3.78. The van der Waals surface area contributed by atoms with E-state index in [1.54, 1.807) is 0 Å². The molecular formula is C8H6F4O2S. The van der Waals surface area contributed by atoms with Crippen molar-refractivity contribution in [3.05, 3.63) is 35.1 Å². The Labute approximate surface area is 83.7 Å². The lowest BCUT2D eigenvalue weighted by Gasteiger charge is -2.03. The molecule has 1 aromatic carbocycles. The highest BCUT2D eigenvalue weighted by molar-refractivity contribution is 7.85. The third-order valence-electron chi connectivity index (χ3n) is 1.66. The Morgan fingerprint density at radius 3 is 2.27 bits per heavy atom. The Morgan fingerprint density at radius 1 is 1.27 bits per heavy atom. The smallest absolute Gasteiger partial charge is 0.207 e. The maximum absolute atomic E-state index is 13.0. The highest BCUT2D eigenvalue weighted by Gasteiger charge is 2.15. The Bertz CT molecular complexity index is 456. The minimum atomic E-state index is -4.86. The summed E-state index contributed by atoms with van der Waals surface area (Å²) in [5, 5.41) is 0. The standard InChI is InChI=1S/C8H6F4O2S/c9-7-3-5(8(10)11)1-2-6(7)4-15(12,13)14/h1-3,8H,4H2. The minimum absolute atomic E-state index is 0.470. The Kier molecular flexibility index (Phi) is 3.33. The largest absolute Gasteiger partial charge is 0.306 e. The fourth-order valence-corrected chi connectivity index (χ4v) is 1.61. The van der Waals surface area contributed by atoms with Crippen molar-refractivity contribution in [3.63, 3.8) is 0 Å². The van der Waals surface area contributed by atoms with Crippen molar-refractivity contribution < 1.29 is 25.5 Å². The lowest BCUT2D eigenvalue weighted by molar-refractivity contribution is 0.151. The van der Waals surface area contributed by atoms with Crippen LogP contribution in [0.2, 0.25) is 0 Å². The number of halogens is 4. The maximum atomic E-state index is 13.0. The summed E-state index contributed by atoms with van der Waals surface area (Å²) in [6.45, 7) is 0. The second kappa shape index (κ2) is 4.18. The topological polar surface area (TPSA) is 34.1 Å². The lowest BCUT2D eigenvalue weighted by atomic mass is 10.1. The molecule has 0 aliphatic heterocycles. The molecule has 15 heavy (non-hydrogen) atoms.